The van der Waals surface area contributed by atoms with Crippen LogP contribution in [0.5, 0.6) is 0 Å². The van der Waals surface area contributed by atoms with Gasteiger partial charge in [0.05, 0.1) is 12.2 Å². The molecule has 0 atom stereocenters. The summed E-state index contributed by atoms with van der Waals surface area (Å²) in [6.07, 6.45) is 1.79. The molecule has 0 bridgehead atoms. The number of hydrogen-bond acceptors (Lipinski definition) is 2. The lowest BCUT2D eigenvalue weighted by Gasteiger charge is -2.06. The highest BCUT2D eigenvalue weighted by Crippen LogP contribution is 2.06. The first-order valence-electron chi connectivity index (χ1n) is 5.06. The number of hydrogen-bond donors (Lipinski definition) is 1. The van der Waals surface area contributed by atoms with Crippen LogP contribution in [0.25, 0.3) is 0 Å². The van der Waals surface area contributed by atoms with E-state index in [0.29, 0.717) is 6.54 Å². The van der Waals surface area contributed by atoms with Gasteiger partial charge in [-0.05, 0) is 18.6 Å². The minimum atomic E-state index is 0.534. The zero-order chi connectivity index (χ0) is 10.7. The maximum atomic E-state index is 5.61. The van der Waals surface area contributed by atoms with Gasteiger partial charge in [-0.25, -0.2) is 0 Å². The fourth-order valence-electron chi connectivity index (χ4n) is 1.54. The van der Waals surface area contributed by atoms with Crippen LogP contribution in [0.1, 0.15) is 16.8 Å². The monoisotopic (exact) mass is 201 g/mol. The Morgan fingerprint density at radius 3 is 2.60 bits per heavy atom. The maximum absolute atomic E-state index is 5.61. The Hall–Kier alpha value is -1.61. The van der Waals surface area contributed by atoms with Gasteiger partial charge in [0.25, 0.3) is 0 Å². The Kier molecular flexibility index (Phi) is 2.83. The van der Waals surface area contributed by atoms with Gasteiger partial charge in [-0.2, -0.15) is 5.10 Å². The van der Waals surface area contributed by atoms with Crippen LogP contribution >= 0.6 is 0 Å². The molecule has 0 saturated heterocycles. The second-order valence-corrected chi connectivity index (χ2v) is 3.67. The minimum Gasteiger partial charge on any atom is -0.325 e. The maximum Gasteiger partial charge on any atom is 0.0663 e. The molecule has 0 amide bonds. The van der Waals surface area contributed by atoms with Crippen LogP contribution in [0.2, 0.25) is 0 Å². The normalized spacial score (nSPS) is 10.5. The van der Waals surface area contributed by atoms with E-state index in [1.165, 1.54) is 11.1 Å². The summed E-state index contributed by atoms with van der Waals surface area (Å²) >= 11 is 0. The average Bonchev–Trinajstić information content (AvgIpc) is 2.69. The molecule has 0 aliphatic rings. The predicted octanol–water partition coefficient (Wildman–Crippen LogP) is 1.70. The molecule has 0 aliphatic heterocycles. The van der Waals surface area contributed by atoms with E-state index in [1.54, 1.807) is 6.20 Å². The van der Waals surface area contributed by atoms with E-state index in [2.05, 4.69) is 36.3 Å². The summed E-state index contributed by atoms with van der Waals surface area (Å²) in [6, 6.07) is 10.4. The summed E-state index contributed by atoms with van der Waals surface area (Å²) in [6.45, 7) is 3.41. The van der Waals surface area contributed by atoms with Crippen LogP contribution in [-0.2, 0) is 13.1 Å². The molecule has 0 saturated carbocycles. The standard InChI is InChI=1S/C12H15N3/c1-10-2-4-11(5-3-10)9-15-12(8-13)6-7-14-15/h2-7H,8-9,13H2,1H3. The number of nitrogens with two attached hydrogens (primary N) is 1. The first-order valence-corrected chi connectivity index (χ1v) is 5.06. The number of nitrogens with zero attached hydrogens (tertiary/aromatic N) is 2. The number of rotatable bonds is 3. The van der Waals surface area contributed by atoms with Gasteiger partial charge < -0.3 is 5.73 Å². The van der Waals surface area contributed by atoms with Gasteiger partial charge >= 0.3 is 0 Å². The molecule has 2 rings (SSSR count). The molecule has 3 heteroatoms. The molecule has 0 aliphatic carbocycles. The minimum absolute atomic E-state index is 0.534. The molecule has 1 aromatic carbocycles. The quantitative estimate of drug-likeness (QED) is 0.821. The van der Waals surface area contributed by atoms with Crippen LogP contribution in [0.3, 0.4) is 0 Å². The SMILES string of the molecule is Cc1ccc(Cn2nccc2CN)cc1. The van der Waals surface area contributed by atoms with Crippen LogP contribution in [-0.4, -0.2) is 9.78 Å². The molecular weight excluding hydrogens is 186 g/mol. The van der Waals surface area contributed by atoms with Crippen molar-refractivity contribution >= 4 is 0 Å². The molecule has 15 heavy (non-hydrogen) atoms. The number of benzene rings is 1. The fraction of sp³-hybridized carbons (Fsp3) is 0.250. The molecule has 0 fully saturated rings. The summed E-state index contributed by atoms with van der Waals surface area (Å²) in [4.78, 5) is 0. The first-order chi connectivity index (χ1) is 7.29. The van der Waals surface area contributed by atoms with Crippen molar-refractivity contribution < 1.29 is 0 Å². The Balaban J connectivity index is 2.18. The zero-order valence-corrected chi connectivity index (χ0v) is 8.85. The van der Waals surface area contributed by atoms with Crippen molar-refractivity contribution in [1.29, 1.82) is 0 Å². The van der Waals surface area contributed by atoms with E-state index >= 15 is 0 Å². The lowest BCUT2D eigenvalue weighted by Crippen LogP contribution is -2.09. The molecule has 1 heterocycles. The highest BCUT2D eigenvalue weighted by atomic mass is 15.3. The summed E-state index contributed by atoms with van der Waals surface area (Å²) in [5.74, 6) is 0. The third kappa shape index (κ3) is 2.25. The third-order valence-electron chi connectivity index (χ3n) is 2.47. The van der Waals surface area contributed by atoms with E-state index < -0.39 is 0 Å². The molecule has 78 valence electrons. The highest BCUT2D eigenvalue weighted by Gasteiger charge is 2.00. The van der Waals surface area contributed by atoms with Crippen LogP contribution in [0.15, 0.2) is 36.5 Å². The largest absolute Gasteiger partial charge is 0.325 e. The van der Waals surface area contributed by atoms with E-state index in [0.717, 1.165) is 12.2 Å². The Bertz CT molecular complexity index is 428. The molecule has 0 radical (unpaired) electrons. The summed E-state index contributed by atoms with van der Waals surface area (Å²) < 4.78 is 1.94. The lowest BCUT2D eigenvalue weighted by molar-refractivity contribution is 0.646. The summed E-state index contributed by atoms with van der Waals surface area (Å²) in [5.41, 5.74) is 9.20. The fourth-order valence-corrected chi connectivity index (χ4v) is 1.54. The Morgan fingerprint density at radius 1 is 1.20 bits per heavy atom. The number of aryl methyl sites for hydroxylation is 1. The highest BCUT2D eigenvalue weighted by molar-refractivity contribution is 5.21. The zero-order valence-electron chi connectivity index (χ0n) is 8.85. The van der Waals surface area contributed by atoms with Crippen molar-refractivity contribution in [2.24, 2.45) is 5.73 Å². The van der Waals surface area contributed by atoms with Gasteiger partial charge in [0.1, 0.15) is 0 Å². The molecule has 2 aromatic rings. The number of aromatic nitrogens is 2. The smallest absolute Gasteiger partial charge is 0.0663 e. The Labute approximate surface area is 89.5 Å². The first kappa shape index (κ1) is 9.93. The lowest BCUT2D eigenvalue weighted by atomic mass is 10.1. The topological polar surface area (TPSA) is 43.8 Å². The molecule has 3 nitrogen and oxygen atoms in total. The van der Waals surface area contributed by atoms with E-state index in [4.69, 9.17) is 5.73 Å². The van der Waals surface area contributed by atoms with Crippen molar-refractivity contribution in [3.63, 3.8) is 0 Å². The van der Waals surface area contributed by atoms with Gasteiger partial charge in [0.2, 0.25) is 0 Å². The van der Waals surface area contributed by atoms with E-state index in [-0.39, 0.29) is 0 Å². The average molecular weight is 201 g/mol. The molecule has 2 N–H and O–H groups in total. The van der Waals surface area contributed by atoms with Gasteiger partial charge in [-0.3, -0.25) is 4.68 Å². The molecule has 1 aromatic heterocycles. The molecule has 0 unspecified atom stereocenters. The predicted molar refractivity (Wildman–Crippen MR) is 60.4 cm³/mol. The van der Waals surface area contributed by atoms with Crippen molar-refractivity contribution in [2.75, 3.05) is 0 Å². The summed E-state index contributed by atoms with van der Waals surface area (Å²) in [5, 5.41) is 4.24. The third-order valence-corrected chi connectivity index (χ3v) is 2.47. The summed E-state index contributed by atoms with van der Waals surface area (Å²) in [7, 11) is 0. The van der Waals surface area contributed by atoms with E-state index in [9.17, 15) is 0 Å². The van der Waals surface area contributed by atoms with Crippen LogP contribution < -0.4 is 5.73 Å². The van der Waals surface area contributed by atoms with Crippen molar-refractivity contribution in [2.45, 2.75) is 20.0 Å². The van der Waals surface area contributed by atoms with Crippen molar-refractivity contribution in [3.8, 4) is 0 Å². The molecule has 0 spiro atoms. The van der Waals surface area contributed by atoms with E-state index in [1.807, 2.05) is 10.7 Å². The van der Waals surface area contributed by atoms with Crippen molar-refractivity contribution in [1.82, 2.24) is 9.78 Å². The second-order valence-electron chi connectivity index (χ2n) is 3.67. The van der Waals surface area contributed by atoms with Gasteiger partial charge in [-0.1, -0.05) is 29.8 Å². The van der Waals surface area contributed by atoms with Crippen LogP contribution in [0.4, 0.5) is 0 Å². The van der Waals surface area contributed by atoms with Gasteiger partial charge in [0, 0.05) is 12.7 Å². The van der Waals surface area contributed by atoms with Gasteiger partial charge in [0.15, 0.2) is 0 Å². The van der Waals surface area contributed by atoms with Gasteiger partial charge in [-0.15, -0.1) is 0 Å². The Morgan fingerprint density at radius 2 is 1.93 bits per heavy atom. The van der Waals surface area contributed by atoms with Crippen LogP contribution in [0, 0.1) is 6.92 Å². The second kappa shape index (κ2) is 4.28. The molecular formula is C12H15N3. The van der Waals surface area contributed by atoms with Crippen molar-refractivity contribution in [3.05, 3.63) is 53.3 Å².